The van der Waals surface area contributed by atoms with Crippen molar-refractivity contribution in [2.45, 2.75) is 11.8 Å². The fraction of sp³-hybridized carbons (Fsp3) is 0.357. The van der Waals surface area contributed by atoms with Crippen molar-refractivity contribution in [3.63, 3.8) is 0 Å². The summed E-state index contributed by atoms with van der Waals surface area (Å²) in [7, 11) is -2.60. The lowest BCUT2D eigenvalue weighted by molar-refractivity contribution is -0.154. The minimum absolute atomic E-state index is 0.0435. The van der Waals surface area contributed by atoms with Crippen molar-refractivity contribution in [1.82, 2.24) is 0 Å². The number of ether oxygens (including phenoxy) is 2. The molecule has 1 aromatic carbocycles. The van der Waals surface area contributed by atoms with Gasteiger partial charge in [-0.2, -0.15) is 0 Å². The minimum Gasteiger partial charge on any atom is -0.496 e. The van der Waals surface area contributed by atoms with Gasteiger partial charge in [0.25, 0.3) is 5.78 Å². The van der Waals surface area contributed by atoms with Crippen molar-refractivity contribution in [3.8, 4) is 5.75 Å². The SMILES string of the molecule is CCOC(=O)C(=O)C1CS(=O)(=O)c2cccc(OC)c2C1=O. The molecule has 0 spiro atoms. The number of carbonyl (C=O) groups excluding carboxylic acids is 3. The van der Waals surface area contributed by atoms with Crippen molar-refractivity contribution in [2.24, 2.45) is 5.92 Å². The number of ketones is 2. The molecule has 1 heterocycles. The standard InChI is InChI=1S/C14H14O7S/c1-3-21-14(17)13(16)8-7-22(18,19)10-6-4-5-9(20-2)11(10)12(8)15/h4-6,8H,3,7H2,1-2H3. The zero-order valence-corrected chi connectivity index (χ0v) is 12.8. The third kappa shape index (κ3) is 2.61. The highest BCUT2D eigenvalue weighted by atomic mass is 32.2. The van der Waals surface area contributed by atoms with Gasteiger partial charge in [0.1, 0.15) is 11.7 Å². The third-order valence-electron chi connectivity index (χ3n) is 3.29. The zero-order valence-electron chi connectivity index (χ0n) is 12.0. The van der Waals surface area contributed by atoms with E-state index in [0.29, 0.717) is 0 Å². The summed E-state index contributed by atoms with van der Waals surface area (Å²) >= 11 is 0. The van der Waals surface area contributed by atoms with Crippen LogP contribution in [0.3, 0.4) is 0 Å². The molecule has 0 amide bonds. The van der Waals surface area contributed by atoms with Gasteiger partial charge in [0, 0.05) is 0 Å². The van der Waals surface area contributed by atoms with E-state index in [0.717, 1.165) is 0 Å². The normalized spacial score (nSPS) is 19.2. The Labute approximate surface area is 127 Å². The average Bonchev–Trinajstić information content (AvgIpc) is 2.49. The molecule has 1 aromatic rings. The van der Waals surface area contributed by atoms with Gasteiger partial charge in [-0.1, -0.05) is 6.07 Å². The van der Waals surface area contributed by atoms with E-state index in [1.54, 1.807) is 0 Å². The summed E-state index contributed by atoms with van der Waals surface area (Å²) in [5, 5.41) is 0. The molecule has 0 radical (unpaired) electrons. The van der Waals surface area contributed by atoms with E-state index in [9.17, 15) is 22.8 Å². The number of methoxy groups -OCH3 is 1. The smallest absolute Gasteiger partial charge is 0.375 e. The maximum Gasteiger partial charge on any atom is 0.375 e. The lowest BCUT2D eigenvalue weighted by Gasteiger charge is -2.23. The number of rotatable bonds is 4. The average molecular weight is 326 g/mol. The number of hydrogen-bond acceptors (Lipinski definition) is 7. The van der Waals surface area contributed by atoms with Crippen molar-refractivity contribution in [2.75, 3.05) is 19.5 Å². The monoisotopic (exact) mass is 326 g/mol. The number of Topliss-reactive ketones (excluding diaryl/α,β-unsaturated/α-hetero) is 2. The second kappa shape index (κ2) is 5.88. The predicted molar refractivity (Wildman–Crippen MR) is 74.5 cm³/mol. The van der Waals surface area contributed by atoms with Crippen LogP contribution < -0.4 is 4.74 Å². The molecular formula is C14H14O7S. The Hall–Kier alpha value is -2.22. The molecule has 0 aromatic heterocycles. The quantitative estimate of drug-likeness (QED) is 0.448. The third-order valence-corrected chi connectivity index (χ3v) is 5.07. The fourth-order valence-electron chi connectivity index (χ4n) is 2.28. The summed E-state index contributed by atoms with van der Waals surface area (Å²) in [6, 6.07) is 4.13. The van der Waals surface area contributed by atoms with E-state index in [2.05, 4.69) is 4.74 Å². The maximum absolute atomic E-state index is 12.5. The molecule has 0 saturated heterocycles. The van der Waals surface area contributed by atoms with Crippen molar-refractivity contribution >= 4 is 27.4 Å². The molecule has 0 fully saturated rings. The number of benzene rings is 1. The second-order valence-electron chi connectivity index (χ2n) is 4.62. The fourth-order valence-corrected chi connectivity index (χ4v) is 4.00. The highest BCUT2D eigenvalue weighted by Gasteiger charge is 2.44. The molecule has 0 N–H and O–H groups in total. The number of esters is 1. The van der Waals surface area contributed by atoms with Gasteiger partial charge in [-0.3, -0.25) is 9.59 Å². The Kier molecular flexibility index (Phi) is 4.32. The van der Waals surface area contributed by atoms with Crippen LogP contribution in [-0.2, 0) is 24.2 Å². The van der Waals surface area contributed by atoms with E-state index >= 15 is 0 Å². The second-order valence-corrected chi connectivity index (χ2v) is 6.62. The first-order valence-electron chi connectivity index (χ1n) is 6.48. The lowest BCUT2D eigenvalue weighted by atomic mass is 9.94. The lowest BCUT2D eigenvalue weighted by Crippen LogP contribution is -2.40. The minimum atomic E-state index is -3.88. The number of carbonyl (C=O) groups is 3. The van der Waals surface area contributed by atoms with Crippen LogP contribution in [0.25, 0.3) is 0 Å². The molecule has 1 atom stereocenters. The van der Waals surface area contributed by atoms with E-state index in [1.165, 1.54) is 32.2 Å². The molecule has 0 aliphatic carbocycles. The van der Waals surface area contributed by atoms with Crippen molar-refractivity contribution in [1.29, 1.82) is 0 Å². The number of sulfone groups is 1. The summed E-state index contributed by atoms with van der Waals surface area (Å²) in [6.07, 6.45) is 0. The van der Waals surface area contributed by atoms with E-state index in [-0.39, 0.29) is 22.8 Å². The molecular weight excluding hydrogens is 312 g/mol. The Morgan fingerprint density at radius 2 is 2.00 bits per heavy atom. The van der Waals surface area contributed by atoms with Gasteiger partial charge in [-0.15, -0.1) is 0 Å². The Morgan fingerprint density at radius 3 is 2.59 bits per heavy atom. The first-order valence-corrected chi connectivity index (χ1v) is 8.13. The van der Waals surface area contributed by atoms with E-state index in [1.807, 2.05) is 0 Å². The highest BCUT2D eigenvalue weighted by Crippen LogP contribution is 2.34. The van der Waals surface area contributed by atoms with Crippen LogP contribution in [0.5, 0.6) is 5.75 Å². The van der Waals surface area contributed by atoms with Gasteiger partial charge in [-0.25, -0.2) is 13.2 Å². The maximum atomic E-state index is 12.5. The van der Waals surface area contributed by atoms with Gasteiger partial charge in [0.2, 0.25) is 0 Å². The Bertz CT molecular complexity index is 748. The van der Waals surface area contributed by atoms with Crippen LogP contribution in [0.15, 0.2) is 23.1 Å². The van der Waals surface area contributed by atoms with Crippen LogP contribution in [0, 0.1) is 5.92 Å². The van der Waals surface area contributed by atoms with Gasteiger partial charge in [0.05, 0.1) is 29.9 Å². The summed E-state index contributed by atoms with van der Waals surface area (Å²) in [5.41, 5.74) is -0.195. The van der Waals surface area contributed by atoms with E-state index < -0.39 is 39.0 Å². The van der Waals surface area contributed by atoms with Crippen molar-refractivity contribution in [3.05, 3.63) is 23.8 Å². The van der Waals surface area contributed by atoms with Crippen molar-refractivity contribution < 1.29 is 32.3 Å². The largest absolute Gasteiger partial charge is 0.496 e. The van der Waals surface area contributed by atoms with Crippen LogP contribution in [0.1, 0.15) is 17.3 Å². The first-order chi connectivity index (χ1) is 10.3. The van der Waals surface area contributed by atoms with Gasteiger partial charge >= 0.3 is 5.97 Å². The van der Waals surface area contributed by atoms with Crippen LogP contribution in [0.4, 0.5) is 0 Å². The summed E-state index contributed by atoms with van der Waals surface area (Å²) < 4.78 is 34.1. The molecule has 0 saturated carbocycles. The molecule has 1 aliphatic heterocycles. The van der Waals surface area contributed by atoms with Gasteiger partial charge in [0.15, 0.2) is 15.6 Å². The number of hydrogen-bond donors (Lipinski definition) is 0. The molecule has 7 nitrogen and oxygen atoms in total. The molecule has 22 heavy (non-hydrogen) atoms. The zero-order chi connectivity index (χ0) is 16.5. The first kappa shape index (κ1) is 16.2. The molecule has 118 valence electrons. The Balaban J connectivity index is 2.54. The number of fused-ring (bicyclic) bond motifs is 1. The van der Waals surface area contributed by atoms with E-state index in [4.69, 9.17) is 4.74 Å². The summed E-state index contributed by atoms with van der Waals surface area (Å²) in [6.45, 7) is 1.46. The van der Waals surface area contributed by atoms with Gasteiger partial charge in [-0.05, 0) is 19.1 Å². The topological polar surface area (TPSA) is 104 Å². The van der Waals surface area contributed by atoms with Crippen LogP contribution in [0.2, 0.25) is 0 Å². The van der Waals surface area contributed by atoms with Crippen LogP contribution >= 0.6 is 0 Å². The molecule has 1 unspecified atom stereocenters. The predicted octanol–water partition coefficient (Wildman–Crippen LogP) is 0.414. The van der Waals surface area contributed by atoms with Gasteiger partial charge < -0.3 is 9.47 Å². The summed E-state index contributed by atoms with van der Waals surface area (Å²) in [5.74, 6) is -5.43. The van der Waals surface area contributed by atoms with Crippen LogP contribution in [-0.4, -0.2) is 45.4 Å². The molecule has 1 aliphatic rings. The molecule has 2 rings (SSSR count). The summed E-state index contributed by atoms with van der Waals surface area (Å²) in [4.78, 5) is 35.8. The Morgan fingerprint density at radius 1 is 1.32 bits per heavy atom. The highest BCUT2D eigenvalue weighted by molar-refractivity contribution is 7.91. The molecule has 8 heteroatoms. The molecule has 0 bridgehead atoms.